The number of benzene rings is 3. The molecule has 1 saturated heterocycles. The fraction of sp³-hybridized carbons (Fsp3) is 0.139. The molecule has 0 saturated carbocycles. The second-order valence-corrected chi connectivity index (χ2v) is 11.1. The van der Waals surface area contributed by atoms with E-state index in [2.05, 4.69) is 9.88 Å². The highest BCUT2D eigenvalue weighted by molar-refractivity contribution is 6.13. The number of rotatable bonds is 10. The predicted molar refractivity (Wildman–Crippen MR) is 178 cm³/mol. The number of anilines is 1. The summed E-state index contributed by atoms with van der Waals surface area (Å²) in [6.45, 7) is 1.63. The smallest absolute Gasteiger partial charge is 0.309 e. The van der Waals surface area contributed by atoms with Gasteiger partial charge in [-0.05, 0) is 34.9 Å². The van der Waals surface area contributed by atoms with Gasteiger partial charge >= 0.3 is 5.97 Å². The molecule has 1 fully saturated rings. The normalized spacial score (nSPS) is 12.9. The molecule has 0 aliphatic carbocycles. The Morgan fingerprint density at radius 3 is 1.94 bits per heavy atom. The molecule has 0 bridgehead atoms. The number of aromatic nitrogens is 2. The molecule has 3 heterocycles. The number of hydrogen-bond acceptors (Lipinski definition) is 10. The Kier molecular flexibility index (Phi) is 8.63. The van der Waals surface area contributed by atoms with Crippen LogP contribution >= 0.6 is 0 Å². The van der Waals surface area contributed by atoms with Crippen molar-refractivity contribution in [3.63, 3.8) is 0 Å². The monoisotopic (exact) mass is 644 g/mol. The molecule has 0 radical (unpaired) electrons. The van der Waals surface area contributed by atoms with E-state index < -0.39 is 23.7 Å². The molecule has 0 unspecified atom stereocenters. The van der Waals surface area contributed by atoms with Crippen LogP contribution in [-0.2, 0) is 11.2 Å². The van der Waals surface area contributed by atoms with Crippen LogP contribution in [0.25, 0.3) is 33.0 Å². The zero-order valence-electron chi connectivity index (χ0n) is 25.4. The molecule has 240 valence electrons. The van der Waals surface area contributed by atoms with Crippen LogP contribution in [0.3, 0.4) is 0 Å². The minimum atomic E-state index is -1.30. The first-order valence-corrected chi connectivity index (χ1v) is 15.0. The number of nitrogens with zero attached hydrogens (tertiary/aromatic N) is 4. The molecule has 48 heavy (non-hydrogen) atoms. The lowest BCUT2D eigenvalue weighted by Crippen LogP contribution is -2.55. The van der Waals surface area contributed by atoms with Crippen molar-refractivity contribution in [1.82, 2.24) is 9.66 Å². The van der Waals surface area contributed by atoms with Gasteiger partial charge in [-0.2, -0.15) is 0 Å². The predicted octanol–water partition coefficient (Wildman–Crippen LogP) is 3.77. The van der Waals surface area contributed by atoms with E-state index in [1.54, 1.807) is 35.6 Å². The number of carboxylic acid groups (broad SMARTS) is 1. The van der Waals surface area contributed by atoms with E-state index in [4.69, 9.17) is 0 Å². The lowest BCUT2D eigenvalue weighted by atomic mass is 9.84. The van der Waals surface area contributed by atoms with E-state index in [-0.39, 0.29) is 61.0 Å². The number of aliphatic carboxylic acids is 1. The summed E-state index contributed by atoms with van der Waals surface area (Å²) in [6.07, 6.45) is 4.64. The standard InChI is InChI=1S/C36H28N4O8/c41-18-22-3-1-5-25(29(22)20-43)27-7-8-28-34(33(27)26-6-2-4-23(19-42)30(26)21-44)35(47)31(17-32(45)46)40(36(28)48)39-15-13-38(14-16-39)24-9-11-37-12-10-24/h1-12,18-21,47H,13-17H2,(H,45,46). The van der Waals surface area contributed by atoms with Gasteiger partial charge in [0.2, 0.25) is 0 Å². The van der Waals surface area contributed by atoms with Crippen molar-refractivity contribution >= 4 is 47.6 Å². The summed E-state index contributed by atoms with van der Waals surface area (Å²) in [7, 11) is 0. The summed E-state index contributed by atoms with van der Waals surface area (Å²) in [5, 5.41) is 23.6. The average Bonchev–Trinajstić information content (AvgIpc) is 3.12. The van der Waals surface area contributed by atoms with Crippen LogP contribution in [0.1, 0.15) is 47.1 Å². The van der Waals surface area contributed by atoms with E-state index in [0.29, 0.717) is 51.3 Å². The van der Waals surface area contributed by atoms with Crippen LogP contribution in [0.2, 0.25) is 0 Å². The molecule has 0 amide bonds. The third-order valence-corrected chi connectivity index (χ3v) is 8.61. The molecule has 5 aromatic rings. The molecular weight excluding hydrogens is 616 g/mol. The highest BCUT2D eigenvalue weighted by atomic mass is 16.4. The van der Waals surface area contributed by atoms with Crippen molar-refractivity contribution in [1.29, 1.82) is 0 Å². The van der Waals surface area contributed by atoms with Gasteiger partial charge in [0, 0.05) is 64.4 Å². The van der Waals surface area contributed by atoms with Gasteiger partial charge in [0.05, 0.1) is 30.6 Å². The third kappa shape index (κ3) is 5.38. The molecular formula is C36H28N4O8. The molecule has 12 nitrogen and oxygen atoms in total. The fourth-order valence-electron chi connectivity index (χ4n) is 6.41. The summed E-state index contributed by atoms with van der Waals surface area (Å²) in [5.41, 5.74) is 1.04. The van der Waals surface area contributed by atoms with Crippen molar-refractivity contribution in [2.75, 3.05) is 36.1 Å². The number of aromatic hydroxyl groups is 1. The average molecular weight is 645 g/mol. The highest BCUT2D eigenvalue weighted by Gasteiger charge is 2.29. The number of piperazine rings is 1. The van der Waals surface area contributed by atoms with Crippen LogP contribution in [0.5, 0.6) is 5.75 Å². The van der Waals surface area contributed by atoms with E-state index in [1.165, 1.54) is 35.0 Å². The van der Waals surface area contributed by atoms with Crippen LogP contribution < -0.4 is 15.5 Å². The topological polar surface area (TPSA) is 167 Å². The Hall–Kier alpha value is -6.43. The number of carboxylic acids is 1. The number of carbonyl (C=O) groups excluding carboxylic acids is 4. The molecule has 2 N–H and O–H groups in total. The number of hydrogen-bond donors (Lipinski definition) is 2. The molecule has 0 atom stereocenters. The van der Waals surface area contributed by atoms with Gasteiger partial charge in [0.25, 0.3) is 5.56 Å². The zero-order chi connectivity index (χ0) is 33.9. The van der Waals surface area contributed by atoms with E-state index in [9.17, 15) is 39.0 Å². The molecule has 1 aliphatic rings. The Labute approximate surface area is 273 Å². The number of pyridine rings is 2. The van der Waals surface area contributed by atoms with E-state index in [1.807, 2.05) is 12.1 Å². The lowest BCUT2D eigenvalue weighted by molar-refractivity contribution is -0.136. The Morgan fingerprint density at radius 2 is 1.35 bits per heavy atom. The van der Waals surface area contributed by atoms with E-state index >= 15 is 0 Å². The first-order chi connectivity index (χ1) is 23.3. The summed E-state index contributed by atoms with van der Waals surface area (Å²) in [5.74, 6) is -1.82. The minimum Gasteiger partial charge on any atom is -0.505 e. The molecule has 12 heteroatoms. The van der Waals surface area contributed by atoms with Gasteiger partial charge in [-0.3, -0.25) is 33.8 Å². The maximum Gasteiger partial charge on any atom is 0.309 e. The van der Waals surface area contributed by atoms with Gasteiger partial charge < -0.3 is 20.1 Å². The van der Waals surface area contributed by atoms with Crippen molar-refractivity contribution in [2.24, 2.45) is 0 Å². The Bertz CT molecular complexity index is 2170. The van der Waals surface area contributed by atoms with Crippen LogP contribution in [0.4, 0.5) is 5.69 Å². The van der Waals surface area contributed by atoms with Crippen molar-refractivity contribution in [3.8, 4) is 28.0 Å². The minimum absolute atomic E-state index is 0.00417. The van der Waals surface area contributed by atoms with Crippen molar-refractivity contribution in [2.45, 2.75) is 6.42 Å². The SMILES string of the molecule is O=Cc1cccc(-c2ccc3c(=O)n(N4CCN(c5ccncc5)CC4)c(CC(=O)O)c(O)c3c2-c2cccc(C=O)c2C=O)c1C=O. The number of carbonyl (C=O) groups is 5. The molecule has 6 rings (SSSR count). The molecule has 3 aromatic carbocycles. The van der Waals surface area contributed by atoms with Crippen molar-refractivity contribution in [3.05, 3.63) is 111 Å². The summed E-state index contributed by atoms with van der Waals surface area (Å²) in [6, 6.07) is 15.8. The second kappa shape index (κ2) is 13.1. The third-order valence-electron chi connectivity index (χ3n) is 8.61. The van der Waals surface area contributed by atoms with Crippen LogP contribution in [0, 0.1) is 0 Å². The highest BCUT2D eigenvalue weighted by Crippen LogP contribution is 2.44. The van der Waals surface area contributed by atoms with E-state index in [0.717, 1.165) is 5.69 Å². The van der Waals surface area contributed by atoms with Gasteiger partial charge in [0.15, 0.2) is 25.1 Å². The van der Waals surface area contributed by atoms with Crippen LogP contribution in [0.15, 0.2) is 77.9 Å². The second-order valence-electron chi connectivity index (χ2n) is 11.1. The largest absolute Gasteiger partial charge is 0.505 e. The summed E-state index contributed by atoms with van der Waals surface area (Å²) >= 11 is 0. The first-order valence-electron chi connectivity index (χ1n) is 15.0. The lowest BCUT2D eigenvalue weighted by Gasteiger charge is -2.39. The fourth-order valence-corrected chi connectivity index (χ4v) is 6.41. The summed E-state index contributed by atoms with van der Waals surface area (Å²) in [4.78, 5) is 81.4. The Balaban J connectivity index is 1.67. The number of aldehydes is 4. The maximum atomic E-state index is 14.4. The molecule has 0 spiro atoms. The van der Waals surface area contributed by atoms with Crippen molar-refractivity contribution < 1.29 is 34.2 Å². The van der Waals surface area contributed by atoms with Gasteiger partial charge in [-0.25, -0.2) is 4.68 Å². The van der Waals surface area contributed by atoms with Gasteiger partial charge in [0.1, 0.15) is 5.75 Å². The quantitative estimate of drug-likeness (QED) is 0.212. The molecule has 2 aromatic heterocycles. The van der Waals surface area contributed by atoms with Crippen LogP contribution in [-0.4, -0.2) is 77.2 Å². The summed E-state index contributed by atoms with van der Waals surface area (Å²) < 4.78 is 1.20. The zero-order valence-corrected chi connectivity index (χ0v) is 25.4. The Morgan fingerprint density at radius 1 is 0.750 bits per heavy atom. The first kappa shape index (κ1) is 31.5. The van der Waals surface area contributed by atoms with Gasteiger partial charge in [-0.15, -0.1) is 0 Å². The van der Waals surface area contributed by atoms with Gasteiger partial charge in [-0.1, -0.05) is 42.5 Å². The maximum absolute atomic E-state index is 14.4. The molecule has 1 aliphatic heterocycles. The number of fused-ring (bicyclic) bond motifs is 1.